The van der Waals surface area contributed by atoms with Gasteiger partial charge in [-0.1, -0.05) is 78.9 Å². The minimum atomic E-state index is -1.85. The predicted octanol–water partition coefficient (Wildman–Crippen LogP) is 3.85. The number of benzene rings is 3. The third kappa shape index (κ3) is 4.53. The van der Waals surface area contributed by atoms with Crippen LogP contribution in [0.5, 0.6) is 0 Å². The normalized spacial score (nSPS) is 14.2. The van der Waals surface area contributed by atoms with Gasteiger partial charge in [0.1, 0.15) is 6.61 Å². The molecule has 0 fully saturated rings. The molecule has 0 amide bonds. The quantitative estimate of drug-likeness (QED) is 0.364. The number of hydrogen-bond acceptors (Lipinski definition) is 5. The summed E-state index contributed by atoms with van der Waals surface area (Å²) in [7, 11) is 1.60. The molecule has 0 aliphatic heterocycles. The van der Waals surface area contributed by atoms with E-state index in [4.69, 9.17) is 9.47 Å². The van der Waals surface area contributed by atoms with Crippen molar-refractivity contribution in [3.63, 3.8) is 0 Å². The maximum absolute atomic E-state index is 13.2. The van der Waals surface area contributed by atoms with Gasteiger partial charge in [-0.2, -0.15) is 0 Å². The van der Waals surface area contributed by atoms with Crippen molar-refractivity contribution in [1.82, 2.24) is 5.32 Å². The Labute approximate surface area is 193 Å². The monoisotopic (exact) mass is 445 g/mol. The molecule has 0 spiro atoms. The number of aliphatic carboxylic acids is 1. The van der Waals surface area contributed by atoms with Crippen molar-refractivity contribution in [3.05, 3.63) is 95.6 Å². The zero-order valence-electron chi connectivity index (χ0n) is 18.5. The molecule has 4 rings (SSSR count). The maximum Gasteiger partial charge on any atom is 0.327 e. The molecule has 170 valence electrons. The van der Waals surface area contributed by atoms with Crippen LogP contribution in [0, 0.1) is 5.41 Å². The molecule has 3 aromatic carbocycles. The van der Waals surface area contributed by atoms with E-state index >= 15 is 0 Å². The highest BCUT2D eigenvalue weighted by molar-refractivity contribution is 5.99. The van der Waals surface area contributed by atoms with Crippen LogP contribution in [-0.2, 0) is 25.7 Å². The first kappa shape index (κ1) is 22.7. The molecule has 0 heterocycles. The van der Waals surface area contributed by atoms with Gasteiger partial charge in [-0.3, -0.25) is 9.59 Å². The molecular weight excluding hydrogens is 418 g/mol. The van der Waals surface area contributed by atoms with Crippen LogP contribution < -0.4 is 5.32 Å². The summed E-state index contributed by atoms with van der Waals surface area (Å²) in [4.78, 5) is 25.5. The Morgan fingerprint density at radius 1 is 0.909 bits per heavy atom. The Morgan fingerprint density at radius 3 is 2.06 bits per heavy atom. The summed E-state index contributed by atoms with van der Waals surface area (Å²) in [6, 6.07) is 25.4. The second kappa shape index (κ2) is 9.98. The summed E-state index contributed by atoms with van der Waals surface area (Å²) in [5, 5.41) is 12.8. The average Bonchev–Trinajstić information content (AvgIpc) is 3.16. The van der Waals surface area contributed by atoms with Crippen molar-refractivity contribution in [2.75, 3.05) is 26.8 Å². The molecule has 0 saturated heterocycles. The minimum Gasteiger partial charge on any atom is -0.480 e. The van der Waals surface area contributed by atoms with E-state index in [9.17, 15) is 14.7 Å². The van der Waals surface area contributed by atoms with Crippen molar-refractivity contribution in [2.45, 2.75) is 12.5 Å². The highest BCUT2D eigenvalue weighted by Crippen LogP contribution is 2.44. The van der Waals surface area contributed by atoms with E-state index in [1.165, 1.54) is 0 Å². The molecule has 33 heavy (non-hydrogen) atoms. The standard InChI is InChI=1S/C27H27NO5/c1-28-17-27(25(29)30,18-32-15-19-9-3-2-4-10-19)26(31)33-16-24-22-13-7-5-11-20(22)21-12-6-8-14-23(21)24/h2-14,24,28H,15-18H2,1H3,(H,29,30)/t27-/m1/s1. The molecular formula is C27H27NO5. The zero-order chi connectivity index (χ0) is 23.3. The Hall–Kier alpha value is -3.48. The van der Waals surface area contributed by atoms with Gasteiger partial charge in [0.25, 0.3) is 0 Å². The summed E-state index contributed by atoms with van der Waals surface area (Å²) in [5.74, 6) is -2.23. The highest BCUT2D eigenvalue weighted by Gasteiger charge is 2.48. The number of esters is 1. The van der Waals surface area contributed by atoms with E-state index in [-0.39, 0.29) is 32.3 Å². The number of rotatable bonds is 10. The van der Waals surface area contributed by atoms with Gasteiger partial charge in [-0.15, -0.1) is 0 Å². The van der Waals surface area contributed by atoms with Gasteiger partial charge in [0.05, 0.1) is 13.2 Å². The molecule has 0 radical (unpaired) electrons. The smallest absolute Gasteiger partial charge is 0.327 e. The van der Waals surface area contributed by atoms with Crippen molar-refractivity contribution >= 4 is 11.9 Å². The molecule has 6 nitrogen and oxygen atoms in total. The molecule has 3 aromatic rings. The molecule has 0 unspecified atom stereocenters. The van der Waals surface area contributed by atoms with Gasteiger partial charge >= 0.3 is 11.9 Å². The molecule has 1 atom stereocenters. The summed E-state index contributed by atoms with van der Waals surface area (Å²) >= 11 is 0. The van der Waals surface area contributed by atoms with Crippen molar-refractivity contribution in [3.8, 4) is 11.1 Å². The third-order valence-electron chi connectivity index (χ3n) is 6.08. The van der Waals surface area contributed by atoms with E-state index < -0.39 is 17.4 Å². The highest BCUT2D eigenvalue weighted by atomic mass is 16.5. The van der Waals surface area contributed by atoms with Crippen molar-refractivity contribution < 1.29 is 24.2 Å². The summed E-state index contributed by atoms with van der Waals surface area (Å²) in [6.07, 6.45) is 0. The lowest BCUT2D eigenvalue weighted by atomic mass is 9.88. The molecule has 2 N–H and O–H groups in total. The van der Waals surface area contributed by atoms with Gasteiger partial charge in [-0.25, -0.2) is 0 Å². The van der Waals surface area contributed by atoms with Crippen LogP contribution in [-0.4, -0.2) is 43.9 Å². The predicted molar refractivity (Wildman–Crippen MR) is 125 cm³/mol. The Bertz CT molecular complexity index is 1080. The number of nitrogens with one attached hydrogen (secondary N) is 1. The Kier molecular flexibility index (Phi) is 6.87. The molecule has 0 bridgehead atoms. The minimum absolute atomic E-state index is 0.0598. The van der Waals surface area contributed by atoms with E-state index in [0.29, 0.717) is 0 Å². The third-order valence-corrected chi connectivity index (χ3v) is 6.08. The summed E-state index contributed by atoms with van der Waals surface area (Å²) in [5.41, 5.74) is 3.41. The lowest BCUT2D eigenvalue weighted by Gasteiger charge is -2.27. The number of carboxylic acids is 1. The second-order valence-electron chi connectivity index (χ2n) is 8.22. The Morgan fingerprint density at radius 2 is 1.48 bits per heavy atom. The lowest BCUT2D eigenvalue weighted by Crippen LogP contribution is -2.51. The molecule has 6 heteroatoms. The van der Waals surface area contributed by atoms with Crippen LogP contribution in [0.3, 0.4) is 0 Å². The fourth-order valence-corrected chi connectivity index (χ4v) is 4.36. The number of carbonyl (C=O) groups excluding carboxylic acids is 1. The first-order valence-corrected chi connectivity index (χ1v) is 10.9. The maximum atomic E-state index is 13.2. The van der Waals surface area contributed by atoms with E-state index in [0.717, 1.165) is 27.8 Å². The van der Waals surface area contributed by atoms with Crippen LogP contribution in [0.4, 0.5) is 0 Å². The van der Waals surface area contributed by atoms with E-state index in [1.807, 2.05) is 66.7 Å². The molecule has 0 saturated carbocycles. The summed E-state index contributed by atoms with van der Waals surface area (Å²) < 4.78 is 11.4. The van der Waals surface area contributed by atoms with Crippen molar-refractivity contribution in [1.29, 1.82) is 0 Å². The first-order chi connectivity index (χ1) is 16.1. The zero-order valence-corrected chi connectivity index (χ0v) is 18.5. The van der Waals surface area contributed by atoms with E-state index in [2.05, 4.69) is 17.4 Å². The number of hydrogen-bond donors (Lipinski definition) is 2. The van der Waals surface area contributed by atoms with E-state index in [1.54, 1.807) is 7.05 Å². The van der Waals surface area contributed by atoms with Crippen LogP contribution in [0.15, 0.2) is 78.9 Å². The lowest BCUT2D eigenvalue weighted by molar-refractivity contribution is -0.173. The van der Waals surface area contributed by atoms with Gasteiger partial charge < -0.3 is 19.9 Å². The number of ether oxygens (including phenoxy) is 2. The average molecular weight is 446 g/mol. The second-order valence-corrected chi connectivity index (χ2v) is 8.22. The molecule has 0 aromatic heterocycles. The van der Waals surface area contributed by atoms with Gasteiger partial charge in [0.2, 0.25) is 0 Å². The fourth-order valence-electron chi connectivity index (χ4n) is 4.36. The van der Waals surface area contributed by atoms with Gasteiger partial charge in [0.15, 0.2) is 5.41 Å². The fraction of sp³-hybridized carbons (Fsp3) is 0.259. The van der Waals surface area contributed by atoms with Crippen molar-refractivity contribution in [2.24, 2.45) is 5.41 Å². The summed E-state index contributed by atoms with van der Waals surface area (Å²) in [6.45, 7) is -0.136. The molecule has 1 aliphatic carbocycles. The van der Waals surface area contributed by atoms with Crippen LogP contribution in [0.1, 0.15) is 22.6 Å². The topological polar surface area (TPSA) is 84.9 Å². The number of carboxylic acid groups (broad SMARTS) is 1. The molecule has 1 aliphatic rings. The first-order valence-electron chi connectivity index (χ1n) is 10.9. The van der Waals surface area contributed by atoms with Crippen LogP contribution >= 0.6 is 0 Å². The number of carbonyl (C=O) groups is 2. The number of fused-ring (bicyclic) bond motifs is 3. The SMILES string of the molecule is CNC[C@@](COCc1ccccc1)(C(=O)O)C(=O)OCC1c2ccccc2-c2ccccc21. The van der Waals surface area contributed by atoms with Crippen LogP contribution in [0.25, 0.3) is 11.1 Å². The van der Waals surface area contributed by atoms with Gasteiger partial charge in [-0.05, 0) is 34.9 Å². The van der Waals surface area contributed by atoms with Crippen LogP contribution in [0.2, 0.25) is 0 Å². The largest absolute Gasteiger partial charge is 0.480 e. The van der Waals surface area contributed by atoms with Gasteiger partial charge in [0, 0.05) is 12.5 Å². The Balaban J connectivity index is 1.51.